The third kappa shape index (κ3) is 7.88. The van der Waals surface area contributed by atoms with Crippen molar-refractivity contribution in [3.8, 4) is 0 Å². The van der Waals surface area contributed by atoms with Crippen molar-refractivity contribution < 1.29 is 0 Å². The zero-order valence-corrected chi connectivity index (χ0v) is 16.4. The SMILES string of the molecule is CN=C(NCCNC(C)(C)C)NCc1ccc(CN2CCCC2)cc1. The fourth-order valence-corrected chi connectivity index (χ4v) is 2.99. The van der Waals surface area contributed by atoms with Crippen LogP contribution in [0.15, 0.2) is 29.3 Å². The summed E-state index contributed by atoms with van der Waals surface area (Å²) in [5.41, 5.74) is 2.83. The van der Waals surface area contributed by atoms with Crippen LogP contribution in [-0.2, 0) is 13.1 Å². The predicted molar refractivity (Wildman–Crippen MR) is 107 cm³/mol. The second-order valence-corrected chi connectivity index (χ2v) is 7.83. The molecule has 1 heterocycles. The molecule has 0 atom stereocenters. The normalized spacial score (nSPS) is 16.2. The lowest BCUT2D eigenvalue weighted by Crippen LogP contribution is -2.44. The van der Waals surface area contributed by atoms with Gasteiger partial charge in [-0.1, -0.05) is 24.3 Å². The van der Waals surface area contributed by atoms with E-state index in [1.807, 2.05) is 7.05 Å². The highest BCUT2D eigenvalue weighted by atomic mass is 15.2. The van der Waals surface area contributed by atoms with Crippen LogP contribution in [0.4, 0.5) is 0 Å². The Kier molecular flexibility index (Phi) is 7.72. The predicted octanol–water partition coefficient (Wildman–Crippen LogP) is 2.34. The highest BCUT2D eigenvalue weighted by Gasteiger charge is 2.11. The first-order chi connectivity index (χ1) is 12.0. The standard InChI is InChI=1S/C20H35N5/c1-20(2,3)24-12-11-22-19(21-4)23-15-17-7-9-18(10-8-17)16-25-13-5-6-14-25/h7-10,24H,5-6,11-16H2,1-4H3,(H2,21,22,23). The smallest absolute Gasteiger partial charge is 0.191 e. The molecule has 0 aromatic heterocycles. The first-order valence-corrected chi connectivity index (χ1v) is 9.46. The topological polar surface area (TPSA) is 51.7 Å². The molecule has 0 amide bonds. The van der Waals surface area contributed by atoms with Crippen LogP contribution in [0, 0.1) is 0 Å². The third-order valence-electron chi connectivity index (χ3n) is 4.38. The van der Waals surface area contributed by atoms with E-state index in [1.165, 1.54) is 37.1 Å². The molecule has 5 nitrogen and oxygen atoms in total. The van der Waals surface area contributed by atoms with Gasteiger partial charge in [0.2, 0.25) is 0 Å². The summed E-state index contributed by atoms with van der Waals surface area (Å²) in [5.74, 6) is 0.844. The molecule has 140 valence electrons. The molecule has 1 aliphatic heterocycles. The molecule has 5 heteroatoms. The van der Waals surface area contributed by atoms with Gasteiger partial charge in [-0.25, -0.2) is 0 Å². The quantitative estimate of drug-likeness (QED) is 0.403. The average Bonchev–Trinajstić information content (AvgIpc) is 3.07. The minimum atomic E-state index is 0.148. The van der Waals surface area contributed by atoms with Gasteiger partial charge in [-0.3, -0.25) is 9.89 Å². The molecule has 1 saturated heterocycles. The average molecular weight is 346 g/mol. The van der Waals surface area contributed by atoms with Crippen LogP contribution >= 0.6 is 0 Å². The molecular formula is C20H35N5. The van der Waals surface area contributed by atoms with E-state index in [0.717, 1.165) is 32.1 Å². The maximum Gasteiger partial charge on any atom is 0.191 e. The van der Waals surface area contributed by atoms with Gasteiger partial charge in [0, 0.05) is 38.8 Å². The number of rotatable bonds is 7. The van der Waals surface area contributed by atoms with Crippen molar-refractivity contribution in [1.29, 1.82) is 0 Å². The number of hydrogen-bond donors (Lipinski definition) is 3. The van der Waals surface area contributed by atoms with Crippen molar-refractivity contribution in [2.45, 2.75) is 52.2 Å². The molecule has 3 N–H and O–H groups in total. The molecular weight excluding hydrogens is 310 g/mol. The number of nitrogens with zero attached hydrogens (tertiary/aromatic N) is 2. The second-order valence-electron chi connectivity index (χ2n) is 7.83. The van der Waals surface area contributed by atoms with Crippen LogP contribution in [0.5, 0.6) is 0 Å². The van der Waals surface area contributed by atoms with E-state index >= 15 is 0 Å². The molecule has 1 aromatic carbocycles. The summed E-state index contributed by atoms with van der Waals surface area (Å²) in [6.45, 7) is 12.6. The fourth-order valence-electron chi connectivity index (χ4n) is 2.99. The maximum atomic E-state index is 4.28. The molecule has 0 aliphatic carbocycles. The molecule has 0 spiro atoms. The Bertz CT molecular complexity index is 524. The van der Waals surface area contributed by atoms with Gasteiger partial charge in [-0.15, -0.1) is 0 Å². The van der Waals surface area contributed by atoms with Gasteiger partial charge in [0.05, 0.1) is 0 Å². The summed E-state index contributed by atoms with van der Waals surface area (Å²) in [6.07, 6.45) is 2.69. The van der Waals surface area contributed by atoms with Crippen LogP contribution in [0.1, 0.15) is 44.7 Å². The largest absolute Gasteiger partial charge is 0.355 e. The molecule has 1 fully saturated rings. The van der Waals surface area contributed by atoms with Gasteiger partial charge in [-0.05, 0) is 57.8 Å². The number of hydrogen-bond acceptors (Lipinski definition) is 3. The molecule has 0 unspecified atom stereocenters. The lowest BCUT2D eigenvalue weighted by Gasteiger charge is -2.21. The lowest BCUT2D eigenvalue weighted by atomic mass is 10.1. The molecule has 0 bridgehead atoms. The Morgan fingerprint density at radius 3 is 2.24 bits per heavy atom. The summed E-state index contributed by atoms with van der Waals surface area (Å²) in [6, 6.07) is 8.93. The van der Waals surface area contributed by atoms with Crippen molar-refractivity contribution in [3.63, 3.8) is 0 Å². The van der Waals surface area contributed by atoms with E-state index in [2.05, 4.69) is 70.9 Å². The minimum absolute atomic E-state index is 0.148. The monoisotopic (exact) mass is 345 g/mol. The van der Waals surface area contributed by atoms with E-state index in [4.69, 9.17) is 0 Å². The molecule has 25 heavy (non-hydrogen) atoms. The van der Waals surface area contributed by atoms with Gasteiger partial charge in [0.25, 0.3) is 0 Å². The van der Waals surface area contributed by atoms with Crippen molar-refractivity contribution in [1.82, 2.24) is 20.9 Å². The van der Waals surface area contributed by atoms with Crippen LogP contribution < -0.4 is 16.0 Å². The van der Waals surface area contributed by atoms with Crippen molar-refractivity contribution in [3.05, 3.63) is 35.4 Å². The van der Waals surface area contributed by atoms with E-state index in [-0.39, 0.29) is 5.54 Å². The van der Waals surface area contributed by atoms with Gasteiger partial charge < -0.3 is 16.0 Å². The van der Waals surface area contributed by atoms with Gasteiger partial charge in [0.1, 0.15) is 0 Å². The third-order valence-corrected chi connectivity index (χ3v) is 4.38. The highest BCUT2D eigenvalue weighted by molar-refractivity contribution is 5.79. The van der Waals surface area contributed by atoms with E-state index in [1.54, 1.807) is 0 Å². The second kappa shape index (κ2) is 9.78. The fraction of sp³-hybridized carbons (Fsp3) is 0.650. The number of aliphatic imine (C=N–C) groups is 1. The number of guanidine groups is 1. The molecule has 2 rings (SSSR count). The van der Waals surface area contributed by atoms with Crippen LogP contribution in [-0.4, -0.2) is 49.6 Å². The van der Waals surface area contributed by atoms with Crippen molar-refractivity contribution >= 4 is 5.96 Å². The van der Waals surface area contributed by atoms with Crippen LogP contribution in [0.2, 0.25) is 0 Å². The first kappa shape index (κ1) is 19.7. The van der Waals surface area contributed by atoms with E-state index in [0.29, 0.717) is 0 Å². The number of nitrogens with one attached hydrogen (secondary N) is 3. The summed E-state index contributed by atoms with van der Waals surface area (Å²) >= 11 is 0. The Balaban J connectivity index is 1.69. The molecule has 1 aromatic rings. The lowest BCUT2D eigenvalue weighted by molar-refractivity contribution is 0.331. The zero-order chi connectivity index (χ0) is 18.1. The van der Waals surface area contributed by atoms with Crippen LogP contribution in [0.3, 0.4) is 0 Å². The molecule has 0 radical (unpaired) electrons. The van der Waals surface area contributed by atoms with E-state index in [9.17, 15) is 0 Å². The minimum Gasteiger partial charge on any atom is -0.355 e. The van der Waals surface area contributed by atoms with Crippen molar-refractivity contribution in [2.24, 2.45) is 4.99 Å². The summed E-state index contributed by atoms with van der Waals surface area (Å²) in [5, 5.41) is 10.2. The summed E-state index contributed by atoms with van der Waals surface area (Å²) in [7, 11) is 1.81. The number of likely N-dealkylation sites (tertiary alicyclic amines) is 1. The summed E-state index contributed by atoms with van der Waals surface area (Å²) < 4.78 is 0. The van der Waals surface area contributed by atoms with Gasteiger partial charge in [0.15, 0.2) is 5.96 Å². The van der Waals surface area contributed by atoms with Gasteiger partial charge in [-0.2, -0.15) is 0 Å². The Labute approximate surface area is 153 Å². The maximum absolute atomic E-state index is 4.28. The van der Waals surface area contributed by atoms with Gasteiger partial charge >= 0.3 is 0 Å². The van der Waals surface area contributed by atoms with Crippen molar-refractivity contribution in [2.75, 3.05) is 33.2 Å². The van der Waals surface area contributed by atoms with Crippen LogP contribution in [0.25, 0.3) is 0 Å². The molecule has 0 saturated carbocycles. The first-order valence-electron chi connectivity index (χ1n) is 9.46. The number of benzene rings is 1. The van der Waals surface area contributed by atoms with E-state index < -0.39 is 0 Å². The Morgan fingerprint density at radius 1 is 1.00 bits per heavy atom. The Morgan fingerprint density at radius 2 is 1.64 bits per heavy atom. The molecule has 1 aliphatic rings. The zero-order valence-electron chi connectivity index (χ0n) is 16.4. The highest BCUT2D eigenvalue weighted by Crippen LogP contribution is 2.13. The summed E-state index contributed by atoms with van der Waals surface area (Å²) in [4.78, 5) is 6.82. The Hall–Kier alpha value is -1.59.